The Morgan fingerprint density at radius 1 is 1.09 bits per heavy atom. The van der Waals surface area contributed by atoms with E-state index in [2.05, 4.69) is 15.0 Å². The number of amides is 1. The highest BCUT2D eigenvalue weighted by Crippen LogP contribution is 2.28. The molecule has 0 aliphatic carbocycles. The van der Waals surface area contributed by atoms with E-state index >= 15 is 0 Å². The van der Waals surface area contributed by atoms with Crippen molar-refractivity contribution in [2.24, 2.45) is 5.14 Å². The Hall–Kier alpha value is -3.35. The predicted octanol–water partition coefficient (Wildman–Crippen LogP) is 4.00. The fourth-order valence-electron chi connectivity index (χ4n) is 2.56. The van der Waals surface area contributed by atoms with Crippen molar-refractivity contribution >= 4 is 27.5 Å². The molecule has 13 heteroatoms. The number of halogens is 4. The molecule has 2 aromatic carbocycles. The van der Waals surface area contributed by atoms with Crippen LogP contribution >= 0.6 is 11.6 Å². The lowest BCUT2D eigenvalue weighted by atomic mass is 10.2. The Labute approximate surface area is 191 Å². The van der Waals surface area contributed by atoms with E-state index in [0.717, 1.165) is 12.1 Å². The molecule has 8 nitrogen and oxygen atoms in total. The monoisotopic (exact) mass is 501 g/mol. The highest BCUT2D eigenvalue weighted by atomic mass is 35.5. The highest BCUT2D eigenvalue weighted by molar-refractivity contribution is 7.89. The fraction of sp³-hybridized carbons (Fsp3) is 0.100. The zero-order chi connectivity index (χ0) is 24.2. The van der Waals surface area contributed by atoms with Gasteiger partial charge in [-0.05, 0) is 35.9 Å². The Morgan fingerprint density at radius 3 is 2.42 bits per heavy atom. The molecule has 0 atom stereocenters. The van der Waals surface area contributed by atoms with Crippen LogP contribution in [0, 0.1) is 0 Å². The third-order valence-corrected chi connectivity index (χ3v) is 5.32. The van der Waals surface area contributed by atoms with Crippen LogP contribution in [0.25, 0.3) is 0 Å². The van der Waals surface area contributed by atoms with E-state index < -0.39 is 28.0 Å². The summed E-state index contributed by atoms with van der Waals surface area (Å²) in [7, 11) is -3.90. The quantitative estimate of drug-likeness (QED) is 0.505. The smallest absolute Gasteiger partial charge is 0.439 e. The summed E-state index contributed by atoms with van der Waals surface area (Å²) in [5, 5.41) is 7.76. The van der Waals surface area contributed by atoms with Gasteiger partial charge in [-0.1, -0.05) is 23.7 Å². The number of pyridine rings is 1. The van der Waals surface area contributed by atoms with Crippen molar-refractivity contribution in [3.63, 3.8) is 0 Å². The molecule has 0 radical (unpaired) electrons. The van der Waals surface area contributed by atoms with Crippen LogP contribution < -0.4 is 19.9 Å². The van der Waals surface area contributed by atoms with E-state index in [0.29, 0.717) is 5.56 Å². The van der Waals surface area contributed by atoms with Gasteiger partial charge in [0.2, 0.25) is 15.9 Å². The Balaban J connectivity index is 1.61. The van der Waals surface area contributed by atoms with Gasteiger partial charge in [-0.25, -0.2) is 18.5 Å². The fourth-order valence-corrected chi connectivity index (χ4v) is 3.41. The molecule has 33 heavy (non-hydrogen) atoms. The van der Waals surface area contributed by atoms with E-state index in [1.54, 1.807) is 0 Å². The Kier molecular flexibility index (Phi) is 7.10. The Bertz CT molecular complexity index is 1270. The third-order valence-electron chi connectivity index (χ3n) is 4.05. The van der Waals surface area contributed by atoms with Crippen molar-refractivity contribution in [2.75, 3.05) is 0 Å². The third kappa shape index (κ3) is 7.07. The topological polar surface area (TPSA) is 121 Å². The number of aromatic nitrogens is 1. The summed E-state index contributed by atoms with van der Waals surface area (Å²) in [4.78, 5) is 16.1. The number of primary sulfonamides is 1. The zero-order valence-corrected chi connectivity index (χ0v) is 18.0. The molecule has 0 fully saturated rings. The Morgan fingerprint density at radius 2 is 1.82 bits per heavy atom. The van der Waals surface area contributed by atoms with Crippen molar-refractivity contribution in [1.29, 1.82) is 0 Å². The number of benzene rings is 2. The minimum Gasteiger partial charge on any atom is -0.439 e. The van der Waals surface area contributed by atoms with Crippen LogP contribution in [0.5, 0.6) is 17.4 Å². The molecule has 0 aliphatic heterocycles. The molecule has 0 unspecified atom stereocenters. The summed E-state index contributed by atoms with van der Waals surface area (Å²) in [5.74, 6) is -0.857. The van der Waals surface area contributed by atoms with Crippen LogP contribution in [0.15, 0.2) is 65.7 Å². The van der Waals surface area contributed by atoms with E-state index in [1.165, 1.54) is 48.7 Å². The molecule has 0 bridgehead atoms. The number of nitrogens with one attached hydrogen (secondary N) is 1. The van der Waals surface area contributed by atoms with Gasteiger partial charge in [0, 0.05) is 29.9 Å². The second-order valence-electron chi connectivity index (χ2n) is 6.49. The highest BCUT2D eigenvalue weighted by Gasteiger charge is 2.31. The van der Waals surface area contributed by atoms with Crippen LogP contribution in [0.2, 0.25) is 5.02 Å². The van der Waals surface area contributed by atoms with Gasteiger partial charge in [0.1, 0.15) is 11.5 Å². The maximum Gasteiger partial charge on any atom is 0.573 e. The van der Waals surface area contributed by atoms with Crippen molar-refractivity contribution in [3.05, 3.63) is 76.9 Å². The van der Waals surface area contributed by atoms with Crippen LogP contribution in [0.3, 0.4) is 0 Å². The maximum atomic E-state index is 12.3. The van der Waals surface area contributed by atoms with Crippen molar-refractivity contribution < 1.29 is 35.9 Å². The molecule has 1 amide bonds. The number of ether oxygens (including phenoxy) is 2. The second kappa shape index (κ2) is 9.65. The average Bonchev–Trinajstić information content (AvgIpc) is 2.71. The van der Waals surface area contributed by atoms with Gasteiger partial charge in [0.25, 0.3) is 5.91 Å². The first kappa shape index (κ1) is 24.3. The molecule has 3 aromatic rings. The molecule has 0 saturated carbocycles. The molecule has 0 spiro atoms. The number of sulfonamides is 1. The van der Waals surface area contributed by atoms with Crippen molar-refractivity contribution in [3.8, 4) is 17.4 Å². The lowest BCUT2D eigenvalue weighted by Crippen LogP contribution is -2.23. The van der Waals surface area contributed by atoms with Gasteiger partial charge in [-0.2, -0.15) is 0 Å². The number of nitrogens with two attached hydrogens (primary N) is 1. The molecule has 0 aliphatic rings. The first-order valence-corrected chi connectivity index (χ1v) is 10.9. The summed E-state index contributed by atoms with van der Waals surface area (Å²) in [5.41, 5.74) is 0.639. The first-order valence-electron chi connectivity index (χ1n) is 9.00. The standard InChI is InChI=1S/C20H15ClF3N3O5S/c21-17-9-16(33(25,29)30)6-4-12(17)10-27-19(28)13-5-7-18(26-11-13)31-14-2-1-3-15(8-14)32-20(22,23)24/h1-9,11H,10H2,(H,27,28)(H2,25,29,30). The lowest BCUT2D eigenvalue weighted by molar-refractivity contribution is -0.274. The molecule has 0 saturated heterocycles. The average molecular weight is 502 g/mol. The zero-order valence-electron chi connectivity index (χ0n) is 16.5. The van der Waals surface area contributed by atoms with Crippen molar-refractivity contribution in [2.45, 2.75) is 17.8 Å². The van der Waals surface area contributed by atoms with Gasteiger partial charge in [-0.15, -0.1) is 13.2 Å². The van der Waals surface area contributed by atoms with Crippen molar-refractivity contribution in [1.82, 2.24) is 10.3 Å². The molecule has 3 rings (SSSR count). The number of carbonyl (C=O) groups excluding carboxylic acids is 1. The SMILES string of the molecule is NS(=O)(=O)c1ccc(CNC(=O)c2ccc(Oc3cccc(OC(F)(F)F)c3)nc2)c(Cl)c1. The largest absolute Gasteiger partial charge is 0.573 e. The second-order valence-corrected chi connectivity index (χ2v) is 8.46. The number of hydrogen-bond donors (Lipinski definition) is 2. The number of carbonyl (C=O) groups is 1. The molecule has 174 valence electrons. The first-order chi connectivity index (χ1) is 15.4. The molecular formula is C20H15ClF3N3O5S. The van der Waals surface area contributed by atoms with E-state index in [1.807, 2.05) is 0 Å². The normalized spacial score (nSPS) is 11.7. The van der Waals surface area contributed by atoms with Crippen LogP contribution in [-0.4, -0.2) is 25.7 Å². The summed E-state index contributed by atoms with van der Waals surface area (Å²) in [6, 6.07) is 11.5. The van der Waals surface area contributed by atoms with Gasteiger partial charge in [-0.3, -0.25) is 4.79 Å². The number of nitrogens with zero attached hydrogens (tertiary/aromatic N) is 1. The predicted molar refractivity (Wildman–Crippen MR) is 111 cm³/mol. The van der Waals surface area contributed by atoms with E-state index in [4.69, 9.17) is 21.5 Å². The van der Waals surface area contributed by atoms with E-state index in [-0.39, 0.29) is 33.7 Å². The number of alkyl halides is 3. The summed E-state index contributed by atoms with van der Waals surface area (Å²) < 4.78 is 68.9. The van der Waals surface area contributed by atoms with Crippen LogP contribution in [0.4, 0.5) is 13.2 Å². The molecular weight excluding hydrogens is 487 g/mol. The summed E-state index contributed by atoms with van der Waals surface area (Å²) in [6.07, 6.45) is -3.62. The van der Waals surface area contributed by atoms with Gasteiger partial charge >= 0.3 is 6.36 Å². The minimum absolute atomic E-state index is 0.00676. The summed E-state index contributed by atoms with van der Waals surface area (Å²) in [6.45, 7) is 0.00676. The summed E-state index contributed by atoms with van der Waals surface area (Å²) >= 11 is 6.04. The maximum absolute atomic E-state index is 12.3. The van der Waals surface area contributed by atoms with E-state index in [9.17, 15) is 26.4 Å². The molecule has 3 N–H and O–H groups in total. The van der Waals surface area contributed by atoms with Gasteiger partial charge in [0.05, 0.1) is 10.5 Å². The number of hydrogen-bond acceptors (Lipinski definition) is 6. The van der Waals surface area contributed by atoms with Crippen LogP contribution in [-0.2, 0) is 16.6 Å². The number of rotatable bonds is 7. The van der Waals surface area contributed by atoms with Gasteiger partial charge < -0.3 is 14.8 Å². The molecule has 1 aromatic heterocycles. The lowest BCUT2D eigenvalue weighted by Gasteiger charge is -2.11. The molecule has 1 heterocycles. The van der Waals surface area contributed by atoms with Gasteiger partial charge in [0.15, 0.2) is 0 Å². The van der Waals surface area contributed by atoms with Crippen LogP contribution in [0.1, 0.15) is 15.9 Å². The minimum atomic E-state index is -4.83.